The molecule has 1 aliphatic heterocycles. The summed E-state index contributed by atoms with van der Waals surface area (Å²) in [5.41, 5.74) is 4.62. The predicted molar refractivity (Wildman–Crippen MR) is 70.5 cm³/mol. The van der Waals surface area contributed by atoms with Crippen LogP contribution in [0.1, 0.15) is 12.0 Å². The van der Waals surface area contributed by atoms with E-state index in [1.807, 2.05) is 0 Å². The van der Waals surface area contributed by atoms with Gasteiger partial charge in [-0.1, -0.05) is 15.9 Å². The first-order chi connectivity index (χ1) is 9.12. The van der Waals surface area contributed by atoms with Gasteiger partial charge in [-0.25, -0.2) is 8.42 Å². The minimum Gasteiger partial charge on any atom is -0.326 e. The van der Waals surface area contributed by atoms with E-state index < -0.39 is 21.8 Å². The number of nitrogens with zero attached hydrogens (tertiary/aromatic N) is 1. The molecule has 1 fully saturated rings. The largest absolute Gasteiger partial charge is 0.417 e. The second-order valence-corrected chi connectivity index (χ2v) is 7.34. The molecule has 0 saturated carbocycles. The molecule has 2 N–H and O–H groups in total. The van der Waals surface area contributed by atoms with Gasteiger partial charge >= 0.3 is 6.18 Å². The quantitative estimate of drug-likeness (QED) is 0.865. The molecule has 1 aromatic carbocycles. The molecular formula is C11H12BrF3N2O2S. The minimum absolute atomic E-state index is 0.125. The number of sulfonamides is 1. The summed E-state index contributed by atoms with van der Waals surface area (Å²) in [5.74, 6) is 0. The number of rotatable bonds is 2. The number of halogens is 4. The maximum atomic E-state index is 12.8. The van der Waals surface area contributed by atoms with Crippen LogP contribution in [-0.4, -0.2) is 31.9 Å². The fourth-order valence-electron chi connectivity index (χ4n) is 2.00. The molecule has 112 valence electrons. The van der Waals surface area contributed by atoms with Gasteiger partial charge in [0.05, 0.1) is 10.5 Å². The normalized spacial score (nSPS) is 21.4. The van der Waals surface area contributed by atoms with Crippen molar-refractivity contribution in [1.82, 2.24) is 4.31 Å². The van der Waals surface area contributed by atoms with E-state index in [2.05, 4.69) is 15.9 Å². The number of alkyl halides is 3. The topological polar surface area (TPSA) is 63.4 Å². The fourth-order valence-corrected chi connectivity index (χ4v) is 4.01. The van der Waals surface area contributed by atoms with Crippen molar-refractivity contribution >= 4 is 26.0 Å². The van der Waals surface area contributed by atoms with Crippen molar-refractivity contribution < 1.29 is 21.6 Å². The van der Waals surface area contributed by atoms with E-state index >= 15 is 0 Å². The van der Waals surface area contributed by atoms with Crippen LogP contribution in [0.2, 0.25) is 0 Å². The number of hydrogen-bond acceptors (Lipinski definition) is 3. The zero-order valence-electron chi connectivity index (χ0n) is 10.2. The van der Waals surface area contributed by atoms with Crippen molar-refractivity contribution in [3.63, 3.8) is 0 Å². The van der Waals surface area contributed by atoms with Gasteiger partial charge in [0.1, 0.15) is 0 Å². The Morgan fingerprint density at radius 3 is 2.50 bits per heavy atom. The predicted octanol–water partition coefficient (Wildman–Crippen LogP) is 2.19. The molecule has 9 heteroatoms. The highest BCUT2D eigenvalue weighted by Crippen LogP contribution is 2.36. The first kappa shape index (κ1) is 15.7. The van der Waals surface area contributed by atoms with Crippen molar-refractivity contribution in [2.24, 2.45) is 5.73 Å². The Balaban J connectivity index is 2.43. The third-order valence-corrected chi connectivity index (χ3v) is 5.62. The lowest BCUT2D eigenvalue weighted by Crippen LogP contribution is -2.32. The Labute approximate surface area is 122 Å². The monoisotopic (exact) mass is 372 g/mol. The third kappa shape index (κ3) is 3.00. The van der Waals surface area contributed by atoms with E-state index in [1.54, 1.807) is 0 Å². The lowest BCUT2D eigenvalue weighted by molar-refractivity contribution is -0.138. The van der Waals surface area contributed by atoms with Gasteiger partial charge in [0.15, 0.2) is 0 Å². The smallest absolute Gasteiger partial charge is 0.326 e. The van der Waals surface area contributed by atoms with Gasteiger partial charge in [-0.3, -0.25) is 0 Å². The van der Waals surface area contributed by atoms with Crippen LogP contribution in [0.25, 0.3) is 0 Å². The van der Waals surface area contributed by atoms with E-state index in [-0.39, 0.29) is 28.5 Å². The van der Waals surface area contributed by atoms with Crippen LogP contribution in [0.15, 0.2) is 27.6 Å². The summed E-state index contributed by atoms with van der Waals surface area (Å²) in [7, 11) is -3.94. The Bertz CT molecular complexity index is 619. The highest BCUT2D eigenvalue weighted by Gasteiger charge is 2.36. The van der Waals surface area contributed by atoms with E-state index in [4.69, 9.17) is 5.73 Å². The van der Waals surface area contributed by atoms with Crippen molar-refractivity contribution in [1.29, 1.82) is 0 Å². The van der Waals surface area contributed by atoms with E-state index in [0.29, 0.717) is 12.5 Å². The first-order valence-corrected chi connectivity index (χ1v) is 7.98. The summed E-state index contributed by atoms with van der Waals surface area (Å²) in [4.78, 5) is -0.373. The second kappa shape index (κ2) is 5.28. The SMILES string of the molecule is N[C@@H]1CCN(S(=O)(=O)c2ccc(Br)c(C(F)(F)F)c2)C1. The molecule has 0 bridgehead atoms. The number of nitrogens with two attached hydrogens (primary N) is 1. The Hall–Kier alpha value is -0.640. The lowest BCUT2D eigenvalue weighted by Gasteiger charge is -2.17. The van der Waals surface area contributed by atoms with Crippen LogP contribution < -0.4 is 5.73 Å². The first-order valence-electron chi connectivity index (χ1n) is 5.75. The molecule has 1 aliphatic rings. The summed E-state index contributed by atoms with van der Waals surface area (Å²) in [6.07, 6.45) is -4.12. The van der Waals surface area contributed by atoms with Crippen LogP contribution in [0.4, 0.5) is 13.2 Å². The summed E-state index contributed by atoms with van der Waals surface area (Å²) in [6, 6.07) is 2.61. The minimum atomic E-state index is -4.62. The van der Waals surface area contributed by atoms with Crippen molar-refractivity contribution in [3.8, 4) is 0 Å². The number of hydrogen-bond donors (Lipinski definition) is 1. The molecule has 0 unspecified atom stereocenters. The second-order valence-electron chi connectivity index (χ2n) is 4.55. The van der Waals surface area contributed by atoms with Crippen LogP contribution >= 0.6 is 15.9 Å². The van der Waals surface area contributed by atoms with Crippen LogP contribution in [0.5, 0.6) is 0 Å². The molecule has 1 heterocycles. The molecule has 2 rings (SSSR count). The summed E-state index contributed by atoms with van der Waals surface area (Å²) >= 11 is 2.78. The van der Waals surface area contributed by atoms with E-state index in [0.717, 1.165) is 16.4 Å². The maximum Gasteiger partial charge on any atom is 0.417 e. The summed E-state index contributed by atoms with van der Waals surface area (Å²) in [6.45, 7) is 0.348. The summed E-state index contributed by atoms with van der Waals surface area (Å²) < 4.78 is 63.8. The van der Waals surface area contributed by atoms with Gasteiger partial charge in [-0.05, 0) is 24.6 Å². The highest BCUT2D eigenvalue weighted by atomic mass is 79.9. The molecule has 1 aromatic rings. The number of benzene rings is 1. The van der Waals surface area contributed by atoms with E-state index in [9.17, 15) is 21.6 Å². The van der Waals surface area contributed by atoms with Crippen LogP contribution in [-0.2, 0) is 16.2 Å². The van der Waals surface area contributed by atoms with Crippen molar-refractivity contribution in [2.75, 3.05) is 13.1 Å². The standard InChI is InChI=1S/C11H12BrF3N2O2S/c12-10-2-1-8(5-9(10)11(13,14)15)20(18,19)17-4-3-7(16)6-17/h1-2,5,7H,3-4,6,16H2/t7-/m1/s1. The maximum absolute atomic E-state index is 12.8. The molecule has 1 saturated heterocycles. The Morgan fingerprint density at radius 2 is 2.00 bits per heavy atom. The zero-order valence-corrected chi connectivity index (χ0v) is 12.6. The average Bonchev–Trinajstić information content (AvgIpc) is 2.75. The van der Waals surface area contributed by atoms with Crippen molar-refractivity contribution in [2.45, 2.75) is 23.5 Å². The van der Waals surface area contributed by atoms with Crippen molar-refractivity contribution in [3.05, 3.63) is 28.2 Å². The van der Waals surface area contributed by atoms with Gasteiger partial charge in [-0.2, -0.15) is 17.5 Å². The van der Waals surface area contributed by atoms with Gasteiger partial charge in [0, 0.05) is 23.6 Å². The lowest BCUT2D eigenvalue weighted by atomic mass is 10.2. The van der Waals surface area contributed by atoms with Crippen LogP contribution in [0.3, 0.4) is 0 Å². The average molecular weight is 373 g/mol. The Morgan fingerprint density at radius 1 is 1.35 bits per heavy atom. The Kier molecular flexibility index (Phi) is 4.16. The molecule has 0 aliphatic carbocycles. The molecule has 1 atom stereocenters. The molecule has 0 amide bonds. The molecule has 0 radical (unpaired) electrons. The van der Waals surface area contributed by atoms with Gasteiger partial charge < -0.3 is 5.73 Å². The van der Waals surface area contributed by atoms with Gasteiger partial charge in [0.25, 0.3) is 0 Å². The molecule has 0 spiro atoms. The molecular weight excluding hydrogens is 361 g/mol. The highest BCUT2D eigenvalue weighted by molar-refractivity contribution is 9.10. The molecule has 20 heavy (non-hydrogen) atoms. The van der Waals surface area contributed by atoms with Gasteiger partial charge in [-0.15, -0.1) is 0 Å². The molecule has 0 aromatic heterocycles. The zero-order chi connectivity index (χ0) is 15.1. The third-order valence-electron chi connectivity index (χ3n) is 3.07. The fraction of sp³-hybridized carbons (Fsp3) is 0.455. The van der Waals surface area contributed by atoms with Crippen LogP contribution in [0, 0.1) is 0 Å². The van der Waals surface area contributed by atoms with Gasteiger partial charge in [0.2, 0.25) is 10.0 Å². The summed E-state index contributed by atoms with van der Waals surface area (Å²) in [5, 5.41) is 0. The molecule has 4 nitrogen and oxygen atoms in total. The van der Waals surface area contributed by atoms with E-state index in [1.165, 1.54) is 0 Å².